The third kappa shape index (κ3) is 7.03. The molecule has 0 amide bonds. The highest BCUT2D eigenvalue weighted by atomic mass is 32.2. The van der Waals surface area contributed by atoms with Crippen LogP contribution in [-0.4, -0.2) is 60.3 Å². The van der Waals surface area contributed by atoms with Crippen LogP contribution >= 0.6 is 11.8 Å². The molecule has 9 nitrogen and oxygen atoms in total. The number of carbonyl (C=O) groups is 4. The fraction of sp³-hybridized carbons (Fsp3) is 0.500. The quantitative estimate of drug-likeness (QED) is 0.460. The van der Waals surface area contributed by atoms with Gasteiger partial charge < -0.3 is 23.7 Å². The van der Waals surface area contributed by atoms with Gasteiger partial charge in [0.25, 0.3) is 0 Å². The second kappa shape index (κ2) is 11.0. The highest BCUT2D eigenvalue weighted by molar-refractivity contribution is 7.99. The number of hydrogen-bond donors (Lipinski definition) is 0. The first-order valence-corrected chi connectivity index (χ1v) is 10.1. The molecule has 1 aromatic carbocycles. The van der Waals surface area contributed by atoms with E-state index in [0.29, 0.717) is 0 Å². The summed E-state index contributed by atoms with van der Waals surface area (Å²) in [6.45, 7) is 4.56. The lowest BCUT2D eigenvalue weighted by Crippen LogP contribution is -2.61. The highest BCUT2D eigenvalue weighted by Gasteiger charge is 2.52. The Morgan fingerprint density at radius 3 is 1.87 bits per heavy atom. The molecule has 5 atom stereocenters. The van der Waals surface area contributed by atoms with Gasteiger partial charge in [-0.2, -0.15) is 0 Å². The average Bonchev–Trinajstić information content (AvgIpc) is 2.64. The van der Waals surface area contributed by atoms with Crippen molar-refractivity contribution in [3.63, 3.8) is 0 Å². The van der Waals surface area contributed by atoms with Gasteiger partial charge >= 0.3 is 23.9 Å². The van der Waals surface area contributed by atoms with E-state index in [4.69, 9.17) is 23.7 Å². The van der Waals surface area contributed by atoms with E-state index in [9.17, 15) is 19.2 Å². The van der Waals surface area contributed by atoms with Gasteiger partial charge in [0.05, 0.1) is 0 Å². The molecule has 0 bridgehead atoms. The maximum absolute atomic E-state index is 11.8. The molecule has 0 N–H and O–H groups in total. The normalized spacial score (nSPS) is 25.7. The zero-order valence-corrected chi connectivity index (χ0v) is 17.9. The fourth-order valence-corrected chi connectivity index (χ4v) is 4.04. The van der Waals surface area contributed by atoms with Crippen LogP contribution in [0.1, 0.15) is 27.7 Å². The Bertz CT molecular complexity index is 767. The van der Waals surface area contributed by atoms with Crippen LogP contribution in [0.5, 0.6) is 0 Å². The minimum Gasteiger partial charge on any atom is -0.463 e. The molecular weight excluding hydrogens is 416 g/mol. The third-order valence-corrected chi connectivity index (χ3v) is 5.10. The van der Waals surface area contributed by atoms with Crippen LogP contribution in [0.4, 0.5) is 0 Å². The van der Waals surface area contributed by atoms with E-state index >= 15 is 0 Å². The summed E-state index contributed by atoms with van der Waals surface area (Å²) in [4.78, 5) is 47.3. The van der Waals surface area contributed by atoms with Crippen LogP contribution in [0, 0.1) is 0 Å². The van der Waals surface area contributed by atoms with Gasteiger partial charge in [-0.05, 0) is 12.1 Å². The maximum Gasteiger partial charge on any atom is 0.303 e. The molecule has 1 aromatic rings. The maximum atomic E-state index is 11.8. The number of esters is 4. The zero-order chi connectivity index (χ0) is 22.3. The predicted molar refractivity (Wildman–Crippen MR) is 104 cm³/mol. The van der Waals surface area contributed by atoms with Crippen molar-refractivity contribution in [3.8, 4) is 0 Å². The van der Waals surface area contributed by atoms with Gasteiger partial charge in [-0.3, -0.25) is 19.2 Å². The average molecular weight is 440 g/mol. The summed E-state index contributed by atoms with van der Waals surface area (Å²) < 4.78 is 27.2. The lowest BCUT2D eigenvalue weighted by Gasteiger charge is -2.44. The van der Waals surface area contributed by atoms with Crippen molar-refractivity contribution in [1.82, 2.24) is 0 Å². The Balaban J connectivity index is 2.42. The number of benzene rings is 1. The number of carbonyl (C=O) groups excluding carboxylic acids is 4. The summed E-state index contributed by atoms with van der Waals surface area (Å²) in [6.07, 6.45) is -4.33. The highest BCUT2D eigenvalue weighted by Crippen LogP contribution is 2.37. The fourth-order valence-electron chi connectivity index (χ4n) is 2.92. The molecule has 3 unspecified atom stereocenters. The summed E-state index contributed by atoms with van der Waals surface area (Å²) in [5, 5.41) is 0. The van der Waals surface area contributed by atoms with Gasteiger partial charge in [0.1, 0.15) is 18.1 Å². The van der Waals surface area contributed by atoms with E-state index in [-0.39, 0.29) is 6.61 Å². The molecule has 1 fully saturated rings. The Kier molecular flexibility index (Phi) is 8.67. The Morgan fingerprint density at radius 2 is 1.33 bits per heavy atom. The first-order valence-electron chi connectivity index (χ1n) is 9.19. The molecular formula is C20H24O9S. The number of hydrogen-bond acceptors (Lipinski definition) is 10. The van der Waals surface area contributed by atoms with Crippen molar-refractivity contribution < 1.29 is 42.9 Å². The number of rotatable bonds is 7. The van der Waals surface area contributed by atoms with E-state index in [1.807, 2.05) is 30.3 Å². The van der Waals surface area contributed by atoms with Crippen LogP contribution in [0.25, 0.3) is 0 Å². The molecule has 0 aliphatic carbocycles. The monoisotopic (exact) mass is 440 g/mol. The minimum atomic E-state index is -1.16. The largest absolute Gasteiger partial charge is 0.463 e. The molecule has 1 aliphatic rings. The van der Waals surface area contributed by atoms with Gasteiger partial charge in [0.2, 0.25) is 0 Å². The second-order valence-electron chi connectivity index (χ2n) is 6.50. The smallest absolute Gasteiger partial charge is 0.303 e. The number of thioether (sulfide) groups is 1. The van der Waals surface area contributed by atoms with Crippen LogP contribution in [-0.2, 0) is 42.9 Å². The van der Waals surface area contributed by atoms with Gasteiger partial charge in [-0.1, -0.05) is 30.0 Å². The van der Waals surface area contributed by atoms with Crippen molar-refractivity contribution in [1.29, 1.82) is 0 Å². The lowest BCUT2D eigenvalue weighted by atomic mass is 9.99. The van der Waals surface area contributed by atoms with Gasteiger partial charge in [0.15, 0.2) is 18.3 Å². The predicted octanol–water partition coefficient (Wildman–Crippen LogP) is 1.86. The Labute approximate surface area is 178 Å². The molecule has 1 aliphatic heterocycles. The second-order valence-corrected chi connectivity index (χ2v) is 7.67. The van der Waals surface area contributed by atoms with E-state index in [1.165, 1.54) is 39.5 Å². The molecule has 1 heterocycles. The lowest BCUT2D eigenvalue weighted by molar-refractivity contribution is -0.237. The van der Waals surface area contributed by atoms with E-state index in [0.717, 1.165) is 4.90 Å². The molecule has 0 spiro atoms. The first-order chi connectivity index (χ1) is 14.2. The molecule has 2 rings (SSSR count). The van der Waals surface area contributed by atoms with Crippen LogP contribution in [0.2, 0.25) is 0 Å². The van der Waals surface area contributed by atoms with Crippen molar-refractivity contribution >= 4 is 35.6 Å². The number of ether oxygens (including phenoxy) is 5. The van der Waals surface area contributed by atoms with E-state index < -0.39 is 53.7 Å². The summed E-state index contributed by atoms with van der Waals surface area (Å²) >= 11 is 1.23. The first kappa shape index (κ1) is 23.7. The van der Waals surface area contributed by atoms with Gasteiger partial charge in [0, 0.05) is 32.6 Å². The third-order valence-electron chi connectivity index (χ3n) is 3.94. The molecule has 0 radical (unpaired) electrons. The summed E-state index contributed by atoms with van der Waals surface area (Å²) in [7, 11) is 0. The van der Waals surface area contributed by atoms with Gasteiger partial charge in [-0.25, -0.2) is 0 Å². The summed E-state index contributed by atoms with van der Waals surface area (Å²) in [5.74, 6) is -2.51. The van der Waals surface area contributed by atoms with Crippen molar-refractivity contribution in [3.05, 3.63) is 30.3 Å². The molecule has 1 saturated heterocycles. The Morgan fingerprint density at radius 1 is 0.800 bits per heavy atom. The molecule has 10 heteroatoms. The van der Waals surface area contributed by atoms with E-state index in [2.05, 4.69) is 0 Å². The van der Waals surface area contributed by atoms with Crippen LogP contribution in [0.15, 0.2) is 35.2 Å². The topological polar surface area (TPSA) is 114 Å². The summed E-state index contributed by atoms with van der Waals surface area (Å²) in [5.41, 5.74) is -0.826. The molecule has 30 heavy (non-hydrogen) atoms. The van der Waals surface area contributed by atoms with Gasteiger partial charge in [-0.15, -0.1) is 0 Å². The SMILES string of the molecule is CC(=O)OCC1O[C@@H](Sc2ccccc2)C(OC(C)=O)C(OC(C)=O)[C@@H]1OC(C)=O. The van der Waals surface area contributed by atoms with E-state index in [1.54, 1.807) is 0 Å². The van der Waals surface area contributed by atoms with Crippen molar-refractivity contribution in [2.75, 3.05) is 6.61 Å². The minimum absolute atomic E-state index is 0.246. The standard InChI is InChI=1S/C20H24O9S/c1-11(21)25-10-16-17(26-12(2)22)18(27-13(3)23)19(28-14(4)24)20(29-16)30-15-8-6-5-7-9-15/h5-9,16-20H,10H2,1-4H3/t16?,17-,18?,19?,20+/m1/s1. The summed E-state index contributed by atoms with van der Waals surface area (Å²) in [6, 6.07) is 9.16. The van der Waals surface area contributed by atoms with Crippen LogP contribution < -0.4 is 0 Å². The van der Waals surface area contributed by atoms with Crippen molar-refractivity contribution in [2.24, 2.45) is 0 Å². The molecule has 164 valence electrons. The molecule has 0 saturated carbocycles. The molecule has 0 aromatic heterocycles. The zero-order valence-electron chi connectivity index (χ0n) is 17.1. The van der Waals surface area contributed by atoms with Crippen molar-refractivity contribution in [2.45, 2.75) is 62.4 Å². The van der Waals surface area contributed by atoms with Crippen LogP contribution in [0.3, 0.4) is 0 Å². The Hall–Kier alpha value is -2.59.